The highest BCUT2D eigenvalue weighted by Crippen LogP contribution is 2.23. The average Bonchev–Trinajstić information content (AvgIpc) is 2.99. The number of rotatable bonds is 27. The summed E-state index contributed by atoms with van der Waals surface area (Å²) in [6, 6.07) is 18.5. The number of aliphatic hydroxyl groups excluding tert-OH is 2. The van der Waals surface area contributed by atoms with Crippen LogP contribution in [-0.4, -0.2) is 34.9 Å². The van der Waals surface area contributed by atoms with Gasteiger partial charge in [0.2, 0.25) is 0 Å². The van der Waals surface area contributed by atoms with Gasteiger partial charge in [0.05, 0.1) is 0 Å². The molecule has 0 radical (unpaired) electrons. The molecule has 0 aliphatic heterocycles. The summed E-state index contributed by atoms with van der Waals surface area (Å²) in [5.74, 6) is 2.46. The summed E-state index contributed by atoms with van der Waals surface area (Å²) in [7, 11) is 0. The molecule has 0 aromatic heterocycles. The number of aliphatic hydroxyl groups is 2. The molecule has 0 aliphatic rings. The fourth-order valence-electron chi connectivity index (χ4n) is 5.08. The van der Waals surface area contributed by atoms with E-state index in [9.17, 15) is 0 Å². The van der Waals surface area contributed by atoms with Crippen LogP contribution in [0.3, 0.4) is 0 Å². The Balaban J connectivity index is 1.46. The molecule has 0 heterocycles. The molecular formula is C36H58O2S2. The van der Waals surface area contributed by atoms with Crippen LogP contribution in [0.5, 0.6) is 0 Å². The molecule has 0 saturated carbocycles. The first-order valence-electron chi connectivity index (χ1n) is 16.5. The van der Waals surface area contributed by atoms with E-state index < -0.39 is 0 Å². The van der Waals surface area contributed by atoms with E-state index >= 15 is 0 Å². The van der Waals surface area contributed by atoms with Gasteiger partial charge in [-0.2, -0.15) is 0 Å². The lowest BCUT2D eigenvalue weighted by Gasteiger charge is -2.07. The minimum Gasteiger partial charge on any atom is -0.396 e. The van der Waals surface area contributed by atoms with Gasteiger partial charge in [-0.25, -0.2) is 0 Å². The molecule has 2 rings (SSSR count). The molecule has 0 aliphatic carbocycles. The molecule has 0 amide bonds. The molecule has 2 aromatic carbocycles. The molecule has 0 atom stereocenters. The van der Waals surface area contributed by atoms with Crippen LogP contribution in [0, 0.1) is 0 Å². The van der Waals surface area contributed by atoms with Crippen molar-refractivity contribution in [2.45, 2.75) is 138 Å². The van der Waals surface area contributed by atoms with Crippen LogP contribution in [0.2, 0.25) is 0 Å². The maximum atomic E-state index is 8.82. The molecule has 2 N–H and O–H groups in total. The summed E-state index contributed by atoms with van der Waals surface area (Å²) < 4.78 is 0. The van der Waals surface area contributed by atoms with Crippen LogP contribution in [0.1, 0.15) is 127 Å². The first-order valence-corrected chi connectivity index (χ1v) is 18.4. The van der Waals surface area contributed by atoms with Crippen molar-refractivity contribution in [2.24, 2.45) is 0 Å². The van der Waals surface area contributed by atoms with Crippen LogP contribution in [0.4, 0.5) is 0 Å². The minimum absolute atomic E-state index is 0.352. The van der Waals surface area contributed by atoms with Crippen LogP contribution in [-0.2, 0) is 12.8 Å². The van der Waals surface area contributed by atoms with Crippen molar-refractivity contribution >= 4 is 23.5 Å². The largest absolute Gasteiger partial charge is 0.396 e. The third kappa shape index (κ3) is 19.2. The van der Waals surface area contributed by atoms with Gasteiger partial charge >= 0.3 is 0 Å². The Labute approximate surface area is 255 Å². The zero-order chi connectivity index (χ0) is 28.4. The highest BCUT2D eigenvalue weighted by molar-refractivity contribution is 7.99. The van der Waals surface area contributed by atoms with Crippen LogP contribution < -0.4 is 0 Å². The van der Waals surface area contributed by atoms with Gasteiger partial charge in [0.15, 0.2) is 0 Å². The minimum atomic E-state index is 0.352. The Morgan fingerprint density at radius 2 is 0.625 bits per heavy atom. The number of hydrogen-bond donors (Lipinski definition) is 2. The molecule has 0 saturated heterocycles. The Hall–Kier alpha value is -0.940. The topological polar surface area (TPSA) is 40.5 Å². The molecule has 0 fully saturated rings. The second kappa shape index (κ2) is 25.7. The molecule has 0 spiro atoms. The van der Waals surface area contributed by atoms with Gasteiger partial charge in [-0.3, -0.25) is 0 Å². The van der Waals surface area contributed by atoms with Crippen LogP contribution in [0.25, 0.3) is 0 Å². The lowest BCUT2D eigenvalue weighted by atomic mass is 10.0. The van der Waals surface area contributed by atoms with E-state index in [1.807, 2.05) is 23.5 Å². The van der Waals surface area contributed by atoms with Crippen molar-refractivity contribution in [1.29, 1.82) is 0 Å². The maximum absolute atomic E-state index is 8.82. The summed E-state index contributed by atoms with van der Waals surface area (Å²) in [5.41, 5.74) is 2.87. The van der Waals surface area contributed by atoms with Gasteiger partial charge in [0.25, 0.3) is 0 Å². The summed E-state index contributed by atoms with van der Waals surface area (Å²) in [6.45, 7) is 0.703. The Morgan fingerprint density at radius 1 is 0.350 bits per heavy atom. The number of hydrogen-bond acceptors (Lipinski definition) is 4. The average molecular weight is 587 g/mol. The van der Waals surface area contributed by atoms with Crippen molar-refractivity contribution in [1.82, 2.24) is 0 Å². The van der Waals surface area contributed by atoms with Crippen molar-refractivity contribution in [3.63, 3.8) is 0 Å². The number of aryl methyl sites for hydroxylation is 2. The summed E-state index contributed by atoms with van der Waals surface area (Å²) in [5, 5.41) is 17.6. The van der Waals surface area contributed by atoms with Crippen molar-refractivity contribution in [2.75, 3.05) is 24.7 Å². The third-order valence-electron chi connectivity index (χ3n) is 7.69. The SMILES string of the molecule is OCCCCCCCCCCCSc1ccc(CCc2ccc(SCCCCCCCCCCCO)cc2)cc1. The van der Waals surface area contributed by atoms with Gasteiger partial charge in [-0.1, -0.05) is 114 Å². The Kier molecular flexibility index (Phi) is 22.7. The monoisotopic (exact) mass is 586 g/mol. The van der Waals surface area contributed by atoms with E-state index in [4.69, 9.17) is 10.2 Å². The number of thioether (sulfide) groups is 2. The smallest absolute Gasteiger partial charge is 0.0431 e. The zero-order valence-electron chi connectivity index (χ0n) is 25.3. The quantitative estimate of drug-likeness (QED) is 0.0807. The molecule has 2 aromatic rings. The summed E-state index contributed by atoms with van der Waals surface area (Å²) in [6.07, 6.45) is 25.3. The van der Waals surface area contributed by atoms with Crippen molar-refractivity contribution < 1.29 is 10.2 Å². The van der Waals surface area contributed by atoms with Crippen molar-refractivity contribution in [3.8, 4) is 0 Å². The fraction of sp³-hybridized carbons (Fsp3) is 0.667. The van der Waals surface area contributed by atoms with E-state index in [0.29, 0.717) is 13.2 Å². The van der Waals surface area contributed by atoms with Gasteiger partial charge in [0, 0.05) is 23.0 Å². The highest BCUT2D eigenvalue weighted by atomic mass is 32.2. The Bertz CT molecular complexity index is 737. The Morgan fingerprint density at radius 3 is 0.925 bits per heavy atom. The maximum Gasteiger partial charge on any atom is 0.0431 e. The van der Waals surface area contributed by atoms with E-state index in [-0.39, 0.29) is 0 Å². The second-order valence-electron chi connectivity index (χ2n) is 11.3. The van der Waals surface area contributed by atoms with Gasteiger partial charge in [-0.15, -0.1) is 23.5 Å². The predicted octanol–water partition coefficient (Wildman–Crippen LogP) is 10.7. The van der Waals surface area contributed by atoms with Gasteiger partial charge in [-0.05, 0) is 85.4 Å². The fourth-order valence-corrected chi connectivity index (χ4v) is 6.90. The summed E-state index contributed by atoms with van der Waals surface area (Å²) >= 11 is 4.01. The highest BCUT2D eigenvalue weighted by Gasteiger charge is 2.01. The predicted molar refractivity (Wildman–Crippen MR) is 179 cm³/mol. The number of benzene rings is 2. The molecule has 40 heavy (non-hydrogen) atoms. The van der Waals surface area contributed by atoms with Crippen LogP contribution in [0.15, 0.2) is 58.3 Å². The molecule has 0 bridgehead atoms. The zero-order valence-corrected chi connectivity index (χ0v) is 26.9. The normalized spacial score (nSPS) is 11.3. The first-order chi connectivity index (χ1) is 19.8. The molecule has 0 unspecified atom stereocenters. The van der Waals surface area contributed by atoms with Gasteiger partial charge in [0.1, 0.15) is 0 Å². The summed E-state index contributed by atoms with van der Waals surface area (Å²) in [4.78, 5) is 2.81. The van der Waals surface area contributed by atoms with Crippen LogP contribution >= 0.6 is 23.5 Å². The van der Waals surface area contributed by atoms with E-state index in [1.165, 1.54) is 135 Å². The van der Waals surface area contributed by atoms with Crippen molar-refractivity contribution in [3.05, 3.63) is 59.7 Å². The molecule has 226 valence electrons. The third-order valence-corrected chi connectivity index (χ3v) is 9.89. The molecular weight excluding hydrogens is 529 g/mol. The first kappa shape index (κ1) is 35.3. The van der Waals surface area contributed by atoms with E-state index in [1.54, 1.807) is 0 Å². The lowest BCUT2D eigenvalue weighted by molar-refractivity contribution is 0.282. The second-order valence-corrected chi connectivity index (χ2v) is 13.6. The molecule has 2 nitrogen and oxygen atoms in total. The molecule has 4 heteroatoms. The standard InChI is InChI=1S/C36H58O2S2/c37-29-15-11-7-3-1-5-9-13-17-31-39-35-25-21-33(22-26-35)19-20-34-23-27-36(28-24-34)40-32-18-14-10-6-2-4-8-12-16-30-38/h21-28,37-38H,1-20,29-32H2. The lowest BCUT2D eigenvalue weighted by Crippen LogP contribution is -1.91. The van der Waals surface area contributed by atoms with E-state index in [0.717, 1.165) is 25.7 Å². The number of unbranched alkanes of at least 4 members (excludes halogenated alkanes) is 16. The van der Waals surface area contributed by atoms with Gasteiger partial charge < -0.3 is 10.2 Å². The van der Waals surface area contributed by atoms with E-state index in [2.05, 4.69) is 48.5 Å².